The second kappa shape index (κ2) is 16.0. The number of esters is 3. The van der Waals surface area contributed by atoms with Gasteiger partial charge in [0.25, 0.3) is 0 Å². The van der Waals surface area contributed by atoms with Crippen LogP contribution in [-0.4, -0.2) is 17.9 Å². The fourth-order valence-corrected chi connectivity index (χ4v) is 3.87. The molecule has 0 radical (unpaired) electrons. The summed E-state index contributed by atoms with van der Waals surface area (Å²) in [6, 6.07) is 27.3. The van der Waals surface area contributed by atoms with Crippen molar-refractivity contribution in [1.29, 1.82) is 0 Å². The molecule has 0 atom stereocenters. The predicted octanol–water partition coefficient (Wildman–Crippen LogP) is 8.48. The molecule has 0 bridgehead atoms. The smallest absolute Gasteiger partial charge is 0.338 e. The first kappa shape index (κ1) is 33.4. The summed E-state index contributed by atoms with van der Waals surface area (Å²) in [7, 11) is 0. The van der Waals surface area contributed by atoms with Crippen LogP contribution < -0.4 is 14.2 Å². The molecule has 0 aliphatic rings. The van der Waals surface area contributed by atoms with Crippen LogP contribution in [0.2, 0.25) is 0 Å². The first-order chi connectivity index (χ1) is 22.6. The highest BCUT2D eigenvalue weighted by Gasteiger charge is 2.10. The minimum absolute atomic E-state index is 0.277. The highest BCUT2D eigenvalue weighted by Crippen LogP contribution is 2.24. The molecular formula is C41H32O6. The molecule has 0 aromatic heterocycles. The molecule has 232 valence electrons. The van der Waals surface area contributed by atoms with Crippen LogP contribution in [0.5, 0.6) is 17.2 Å². The van der Waals surface area contributed by atoms with Gasteiger partial charge in [-0.1, -0.05) is 92.3 Å². The molecule has 0 aliphatic carbocycles. The molecule has 0 spiro atoms. The highest BCUT2D eigenvalue weighted by atomic mass is 16.5. The highest BCUT2D eigenvalue weighted by molar-refractivity contribution is 5.90. The molecule has 6 heteroatoms. The van der Waals surface area contributed by atoms with E-state index in [4.69, 9.17) is 14.2 Å². The Bertz CT molecular complexity index is 1950. The van der Waals surface area contributed by atoms with Crippen molar-refractivity contribution in [2.75, 3.05) is 0 Å². The second-order valence-electron chi connectivity index (χ2n) is 10.4. The number of ether oxygens (including phenoxy) is 3. The van der Waals surface area contributed by atoms with Gasteiger partial charge in [0.05, 0.1) is 0 Å². The van der Waals surface area contributed by atoms with Crippen molar-refractivity contribution in [3.63, 3.8) is 0 Å². The van der Waals surface area contributed by atoms with Crippen molar-refractivity contribution in [2.24, 2.45) is 0 Å². The Labute approximate surface area is 274 Å². The van der Waals surface area contributed by atoms with Crippen LogP contribution in [0.15, 0.2) is 128 Å². The Kier molecular flexibility index (Phi) is 11.4. The molecule has 0 amide bonds. The van der Waals surface area contributed by atoms with Gasteiger partial charge in [-0.3, -0.25) is 0 Å². The monoisotopic (exact) mass is 620 g/mol. The third-order valence-corrected chi connectivity index (χ3v) is 6.45. The molecule has 0 saturated heterocycles. The lowest BCUT2D eigenvalue weighted by Gasteiger charge is -2.08. The topological polar surface area (TPSA) is 78.9 Å². The normalized spacial score (nSPS) is 10.5. The molecule has 0 saturated carbocycles. The summed E-state index contributed by atoms with van der Waals surface area (Å²) in [5, 5.41) is 0. The van der Waals surface area contributed by atoms with Crippen LogP contribution in [0.25, 0.3) is 24.3 Å². The summed E-state index contributed by atoms with van der Waals surface area (Å²) in [6.07, 6.45) is 8.85. The first-order valence-corrected chi connectivity index (χ1v) is 14.5. The maximum absolute atomic E-state index is 12.4. The van der Waals surface area contributed by atoms with Gasteiger partial charge < -0.3 is 14.2 Å². The molecule has 6 nitrogen and oxygen atoms in total. The Hall–Kier alpha value is -6.45. The number of hydrogen-bond acceptors (Lipinski definition) is 6. The average Bonchev–Trinajstić information content (AvgIpc) is 3.07. The minimum atomic E-state index is -0.537. The summed E-state index contributed by atoms with van der Waals surface area (Å²) < 4.78 is 15.9. The summed E-state index contributed by atoms with van der Waals surface area (Å²) >= 11 is 0. The molecule has 0 fully saturated rings. The van der Waals surface area contributed by atoms with Crippen LogP contribution in [-0.2, 0) is 14.4 Å². The van der Waals surface area contributed by atoms with Gasteiger partial charge in [0.2, 0.25) is 0 Å². The molecule has 0 N–H and O–H groups in total. The van der Waals surface area contributed by atoms with Gasteiger partial charge in [-0.15, -0.1) is 0 Å². The molecule has 0 heterocycles. The van der Waals surface area contributed by atoms with Gasteiger partial charge in [0, 0.05) is 33.9 Å². The first-order valence-electron chi connectivity index (χ1n) is 14.5. The molecule has 4 rings (SSSR count). The van der Waals surface area contributed by atoms with Gasteiger partial charge in [-0.05, 0) is 85.1 Å². The largest absolute Gasteiger partial charge is 0.423 e. The summed E-state index contributed by atoms with van der Waals surface area (Å²) in [6.45, 7) is 13.8. The second-order valence-corrected chi connectivity index (χ2v) is 10.4. The van der Waals surface area contributed by atoms with Gasteiger partial charge >= 0.3 is 17.9 Å². The van der Waals surface area contributed by atoms with Crippen LogP contribution in [0.3, 0.4) is 0 Å². The Morgan fingerprint density at radius 2 is 1.02 bits per heavy atom. The fourth-order valence-electron chi connectivity index (χ4n) is 3.87. The van der Waals surface area contributed by atoms with Crippen LogP contribution in [0.4, 0.5) is 0 Å². The Morgan fingerprint density at radius 1 is 0.574 bits per heavy atom. The summed E-state index contributed by atoms with van der Waals surface area (Å²) in [5.41, 5.74) is 5.59. The molecule has 0 unspecified atom stereocenters. The lowest BCUT2D eigenvalue weighted by Crippen LogP contribution is -2.09. The lowest BCUT2D eigenvalue weighted by molar-refractivity contribution is -0.130. The van der Waals surface area contributed by atoms with E-state index in [1.165, 1.54) is 0 Å². The predicted molar refractivity (Wildman–Crippen MR) is 186 cm³/mol. The zero-order valence-corrected chi connectivity index (χ0v) is 26.1. The summed E-state index contributed by atoms with van der Waals surface area (Å²) in [4.78, 5) is 35.5. The quantitative estimate of drug-likeness (QED) is 0.0582. The SMILES string of the molecule is C=CC(=O)Oc1ccc(C#Cc2ccc(C=Cc3ccc(C=Cc4ccc(OC(=O)C(=C)C)cc4)cc3)c(OC(=O)C(=C)C)c2)cc1. The summed E-state index contributed by atoms with van der Waals surface area (Å²) in [5.74, 6) is 5.82. The molecular weight excluding hydrogens is 588 g/mol. The van der Waals surface area contributed by atoms with E-state index in [0.717, 1.165) is 22.8 Å². The van der Waals surface area contributed by atoms with Crippen molar-refractivity contribution in [3.8, 4) is 29.1 Å². The van der Waals surface area contributed by atoms with Crippen LogP contribution in [0, 0.1) is 11.8 Å². The third-order valence-electron chi connectivity index (χ3n) is 6.45. The van der Waals surface area contributed by atoms with E-state index >= 15 is 0 Å². The van der Waals surface area contributed by atoms with E-state index in [9.17, 15) is 14.4 Å². The zero-order chi connectivity index (χ0) is 33.8. The van der Waals surface area contributed by atoms with Crippen molar-refractivity contribution >= 4 is 42.2 Å². The van der Waals surface area contributed by atoms with Crippen LogP contribution in [0.1, 0.15) is 47.2 Å². The van der Waals surface area contributed by atoms with E-state index in [1.807, 2.05) is 72.8 Å². The van der Waals surface area contributed by atoms with Crippen molar-refractivity contribution in [1.82, 2.24) is 0 Å². The molecule has 4 aromatic carbocycles. The third kappa shape index (κ3) is 10.3. The number of carbonyl (C=O) groups is 3. The fraction of sp³-hybridized carbons (Fsp3) is 0.0488. The minimum Gasteiger partial charge on any atom is -0.423 e. The van der Waals surface area contributed by atoms with E-state index in [2.05, 4.69) is 31.6 Å². The molecule has 47 heavy (non-hydrogen) atoms. The Morgan fingerprint density at radius 3 is 1.57 bits per heavy atom. The Balaban J connectivity index is 1.46. The van der Waals surface area contributed by atoms with Crippen LogP contribution >= 0.6 is 0 Å². The maximum Gasteiger partial charge on any atom is 0.338 e. The standard InChI is InChI=1S/C41H32O6/c1-6-39(42)45-36-23-17-33(18-24-36)13-14-34-16-22-35(38(27-34)47-41(44)29(4)5)21-15-31-10-7-30(8-11-31)9-12-32-19-25-37(26-20-32)46-40(43)28(2)3/h6-12,15-27H,1-2,4H2,3,5H3. The number of carbonyl (C=O) groups excluding carboxylic acids is 3. The number of hydrogen-bond donors (Lipinski definition) is 0. The van der Waals surface area contributed by atoms with E-state index in [-0.39, 0.29) is 5.57 Å². The van der Waals surface area contributed by atoms with Gasteiger partial charge in [-0.25, -0.2) is 14.4 Å². The van der Waals surface area contributed by atoms with Gasteiger partial charge in [0.1, 0.15) is 17.2 Å². The van der Waals surface area contributed by atoms with E-state index in [0.29, 0.717) is 39.5 Å². The molecule has 4 aromatic rings. The van der Waals surface area contributed by atoms with Crippen molar-refractivity contribution in [3.05, 3.63) is 161 Å². The van der Waals surface area contributed by atoms with Gasteiger partial charge in [0.15, 0.2) is 0 Å². The average molecular weight is 621 g/mol. The molecule has 0 aliphatic heterocycles. The van der Waals surface area contributed by atoms with E-state index < -0.39 is 17.9 Å². The van der Waals surface area contributed by atoms with Gasteiger partial charge in [-0.2, -0.15) is 0 Å². The number of rotatable bonds is 10. The van der Waals surface area contributed by atoms with Crippen molar-refractivity contribution in [2.45, 2.75) is 13.8 Å². The zero-order valence-electron chi connectivity index (χ0n) is 26.1. The number of benzene rings is 4. The lowest BCUT2D eigenvalue weighted by atomic mass is 10.1. The van der Waals surface area contributed by atoms with E-state index in [1.54, 1.807) is 56.3 Å². The van der Waals surface area contributed by atoms with Crippen molar-refractivity contribution < 1.29 is 28.6 Å². The maximum atomic E-state index is 12.4.